The molecule has 0 saturated heterocycles. The first-order valence-corrected chi connectivity index (χ1v) is 12.1. The number of hydrogen-bond donors (Lipinski definition) is 1. The van der Waals surface area contributed by atoms with Gasteiger partial charge >= 0.3 is 6.18 Å². The van der Waals surface area contributed by atoms with Gasteiger partial charge in [0.05, 0.1) is 24.1 Å². The van der Waals surface area contributed by atoms with Crippen molar-refractivity contribution in [1.82, 2.24) is 10.3 Å². The second kappa shape index (κ2) is 12.0. The van der Waals surface area contributed by atoms with Crippen molar-refractivity contribution in [2.75, 3.05) is 13.7 Å². The fourth-order valence-electron chi connectivity index (χ4n) is 4.23. The summed E-state index contributed by atoms with van der Waals surface area (Å²) in [5, 5.41) is 3.66. The van der Waals surface area contributed by atoms with E-state index in [1.165, 1.54) is 13.3 Å². The minimum atomic E-state index is -4.18. The molecule has 1 aromatic heterocycles. The van der Waals surface area contributed by atoms with Crippen LogP contribution < -0.4 is 10.1 Å². The molecule has 0 fully saturated rings. The number of amides is 1. The average molecular weight is 487 g/mol. The molecule has 4 nitrogen and oxygen atoms in total. The van der Waals surface area contributed by atoms with Gasteiger partial charge in [0.25, 0.3) is 5.91 Å². The monoisotopic (exact) mass is 486 g/mol. The normalized spacial score (nSPS) is 17.0. The molecule has 0 bridgehead atoms. The van der Waals surface area contributed by atoms with Crippen LogP contribution in [0.3, 0.4) is 0 Å². The summed E-state index contributed by atoms with van der Waals surface area (Å²) in [7, 11) is 1.54. The minimum Gasteiger partial charge on any atom is -0.497 e. The molecule has 7 heteroatoms. The lowest BCUT2D eigenvalue weighted by Gasteiger charge is -2.24. The molecule has 0 saturated carbocycles. The van der Waals surface area contributed by atoms with Crippen LogP contribution in [0.2, 0.25) is 0 Å². The molecule has 0 aliphatic heterocycles. The van der Waals surface area contributed by atoms with Crippen LogP contribution in [0.1, 0.15) is 68.3 Å². The number of carbonyl (C=O) groups excluding carboxylic acids is 1. The fraction of sp³-hybridized carbons (Fsp3) is 0.429. The number of rotatable bonds is 9. The van der Waals surface area contributed by atoms with Gasteiger partial charge in [0.15, 0.2) is 0 Å². The lowest BCUT2D eigenvalue weighted by molar-refractivity contribution is -0.175. The van der Waals surface area contributed by atoms with E-state index in [-0.39, 0.29) is 18.7 Å². The van der Waals surface area contributed by atoms with E-state index < -0.39 is 12.1 Å². The Morgan fingerprint density at radius 1 is 1.26 bits per heavy atom. The fourth-order valence-corrected chi connectivity index (χ4v) is 4.23. The first-order valence-electron chi connectivity index (χ1n) is 12.1. The largest absolute Gasteiger partial charge is 0.497 e. The van der Waals surface area contributed by atoms with E-state index in [0.29, 0.717) is 35.2 Å². The van der Waals surface area contributed by atoms with Gasteiger partial charge in [0.2, 0.25) is 0 Å². The Labute approximate surface area is 205 Å². The number of hydrogen-bond acceptors (Lipinski definition) is 3. The van der Waals surface area contributed by atoms with Gasteiger partial charge in [0.1, 0.15) is 5.75 Å². The van der Waals surface area contributed by atoms with E-state index in [1.807, 2.05) is 6.08 Å². The Morgan fingerprint density at radius 3 is 2.69 bits per heavy atom. The predicted molar refractivity (Wildman–Crippen MR) is 134 cm³/mol. The Hall–Kier alpha value is -3.09. The molecule has 1 aromatic carbocycles. The van der Waals surface area contributed by atoms with Crippen molar-refractivity contribution in [2.45, 2.75) is 58.5 Å². The molecule has 35 heavy (non-hydrogen) atoms. The van der Waals surface area contributed by atoms with Gasteiger partial charge in [0, 0.05) is 23.7 Å². The van der Waals surface area contributed by atoms with Crippen LogP contribution in [-0.4, -0.2) is 30.7 Å². The summed E-state index contributed by atoms with van der Waals surface area (Å²) in [6, 6.07) is 5.35. The number of carbonyl (C=O) groups is 1. The molecule has 1 atom stereocenters. The van der Waals surface area contributed by atoms with E-state index in [2.05, 4.69) is 36.3 Å². The number of ether oxygens (including phenoxy) is 1. The molecule has 3 rings (SSSR count). The Morgan fingerprint density at radius 2 is 2.06 bits per heavy atom. The maximum Gasteiger partial charge on any atom is 0.392 e. The van der Waals surface area contributed by atoms with Gasteiger partial charge in [-0.25, -0.2) is 0 Å². The zero-order chi connectivity index (χ0) is 25.4. The zero-order valence-electron chi connectivity index (χ0n) is 20.5. The molecule has 1 heterocycles. The molecule has 2 aromatic rings. The Balaban J connectivity index is 1.84. The van der Waals surface area contributed by atoms with Gasteiger partial charge in [-0.15, -0.1) is 0 Å². The molecule has 0 radical (unpaired) electrons. The Bertz CT molecular complexity index is 1130. The number of methoxy groups -OCH3 is 1. The smallest absolute Gasteiger partial charge is 0.392 e. The molecule has 1 N–H and O–H groups in total. The van der Waals surface area contributed by atoms with Crippen molar-refractivity contribution in [1.29, 1.82) is 0 Å². The van der Waals surface area contributed by atoms with Crippen molar-refractivity contribution in [2.24, 2.45) is 5.92 Å². The van der Waals surface area contributed by atoms with Gasteiger partial charge < -0.3 is 10.1 Å². The topological polar surface area (TPSA) is 51.2 Å². The second-order valence-corrected chi connectivity index (χ2v) is 8.77. The minimum absolute atomic E-state index is 0.0433. The first kappa shape index (κ1) is 26.5. The number of nitrogens with one attached hydrogen (secondary N) is 1. The van der Waals surface area contributed by atoms with Crippen LogP contribution in [-0.2, 0) is 0 Å². The lowest BCUT2D eigenvalue weighted by Crippen LogP contribution is -2.25. The third-order valence-electron chi connectivity index (χ3n) is 6.18. The summed E-state index contributed by atoms with van der Waals surface area (Å²) < 4.78 is 44.7. The molecule has 1 unspecified atom stereocenters. The van der Waals surface area contributed by atoms with Crippen LogP contribution in [0.4, 0.5) is 13.2 Å². The summed E-state index contributed by atoms with van der Waals surface area (Å²) in [6.07, 6.45) is 8.48. The highest BCUT2D eigenvalue weighted by atomic mass is 19.4. The molecule has 0 spiro atoms. The summed E-state index contributed by atoms with van der Waals surface area (Å²) in [4.78, 5) is 17.4. The van der Waals surface area contributed by atoms with Crippen molar-refractivity contribution in [3.8, 4) is 5.75 Å². The number of unbranched alkanes of at least 4 members (excludes halogenated alkanes) is 1. The molecule has 1 amide bonds. The number of nitrogens with zero attached hydrogens (tertiary/aromatic N) is 1. The number of pyridine rings is 1. The second-order valence-electron chi connectivity index (χ2n) is 8.77. The third-order valence-corrected chi connectivity index (χ3v) is 6.18. The number of allylic oxidation sites excluding steroid dienone is 4. The van der Waals surface area contributed by atoms with E-state index >= 15 is 0 Å². The highest BCUT2D eigenvalue weighted by molar-refractivity contribution is 6.00. The van der Waals surface area contributed by atoms with Gasteiger partial charge in [-0.05, 0) is 61.4 Å². The van der Waals surface area contributed by atoms with Crippen LogP contribution >= 0.6 is 0 Å². The number of alkyl halides is 3. The van der Waals surface area contributed by atoms with Gasteiger partial charge in [-0.3, -0.25) is 9.78 Å². The van der Waals surface area contributed by atoms with Crippen molar-refractivity contribution >= 4 is 22.4 Å². The summed E-state index contributed by atoms with van der Waals surface area (Å²) in [6.45, 7) is 4.59. The number of fused-ring (bicyclic) bond motifs is 1. The third kappa shape index (κ3) is 6.96. The number of benzene rings is 1. The maximum atomic E-state index is 13.1. The van der Waals surface area contributed by atoms with Gasteiger partial charge in [-0.2, -0.15) is 13.2 Å². The predicted octanol–water partition coefficient (Wildman–Crippen LogP) is 7.41. The number of aromatic nitrogens is 1. The molecule has 1 aliphatic rings. The van der Waals surface area contributed by atoms with E-state index in [1.54, 1.807) is 24.3 Å². The zero-order valence-corrected chi connectivity index (χ0v) is 20.5. The SMILES string of the molecule is CC/C=C(/C=C\CCC)CNC(=O)c1cnc2c(C3=CCC(C(F)(F)F)CC3)cc(OC)cc2c1. The van der Waals surface area contributed by atoms with Crippen LogP contribution in [0, 0.1) is 5.92 Å². The summed E-state index contributed by atoms with van der Waals surface area (Å²) in [5.41, 5.74) is 3.69. The quantitative estimate of drug-likeness (QED) is 0.376. The van der Waals surface area contributed by atoms with Gasteiger partial charge in [-0.1, -0.05) is 44.6 Å². The van der Waals surface area contributed by atoms with E-state index in [9.17, 15) is 18.0 Å². The lowest BCUT2D eigenvalue weighted by atomic mass is 9.85. The van der Waals surface area contributed by atoms with Crippen LogP contribution in [0.15, 0.2) is 54.3 Å². The number of halogens is 3. The van der Waals surface area contributed by atoms with Crippen LogP contribution in [0.25, 0.3) is 16.5 Å². The highest BCUT2D eigenvalue weighted by Crippen LogP contribution is 2.41. The van der Waals surface area contributed by atoms with Crippen molar-refractivity contribution in [3.63, 3.8) is 0 Å². The van der Waals surface area contributed by atoms with E-state index in [0.717, 1.165) is 36.0 Å². The standard InChI is InChI=1S/C28H33F3N2O2/c1-4-6-7-9-19(8-5-2)17-33-27(34)22-14-21-15-24(35-3)16-25(26(21)32-18-22)20-10-12-23(13-11-20)28(29,30)31/h7-10,14-16,18,23H,4-6,11-13,17H2,1-3H3,(H,33,34)/b9-7-,19-8-. The maximum absolute atomic E-state index is 13.1. The highest BCUT2D eigenvalue weighted by Gasteiger charge is 2.39. The molecular formula is C28H33F3N2O2. The summed E-state index contributed by atoms with van der Waals surface area (Å²) >= 11 is 0. The summed E-state index contributed by atoms with van der Waals surface area (Å²) in [5.74, 6) is -0.977. The van der Waals surface area contributed by atoms with Crippen molar-refractivity contribution < 1.29 is 22.7 Å². The molecular weight excluding hydrogens is 453 g/mol. The molecule has 188 valence electrons. The average Bonchev–Trinajstić information content (AvgIpc) is 2.85. The first-order chi connectivity index (χ1) is 16.8. The van der Waals surface area contributed by atoms with E-state index in [4.69, 9.17) is 4.74 Å². The van der Waals surface area contributed by atoms with Crippen molar-refractivity contribution in [3.05, 3.63) is 65.4 Å². The molecule has 1 aliphatic carbocycles. The Kier molecular flexibility index (Phi) is 9.13. The van der Waals surface area contributed by atoms with Crippen LogP contribution in [0.5, 0.6) is 5.75 Å².